The maximum atomic E-state index is 12.0. The highest BCUT2D eigenvalue weighted by atomic mass is 32.1. The monoisotopic (exact) mass is 371 g/mol. The van der Waals surface area contributed by atoms with Crippen molar-refractivity contribution in [1.82, 2.24) is 5.32 Å². The number of hydrogen-bond acceptors (Lipinski definition) is 4. The number of nitrogens with zero attached hydrogens (tertiary/aromatic N) is 2. The Morgan fingerprint density at radius 3 is 2.46 bits per heavy atom. The van der Waals surface area contributed by atoms with Gasteiger partial charge in [-0.25, -0.2) is 0 Å². The van der Waals surface area contributed by atoms with Crippen molar-refractivity contribution < 1.29 is 9.59 Å². The van der Waals surface area contributed by atoms with Gasteiger partial charge in [-0.15, -0.1) is 11.3 Å². The van der Waals surface area contributed by atoms with E-state index < -0.39 is 0 Å². The van der Waals surface area contributed by atoms with Crippen molar-refractivity contribution in [3.63, 3.8) is 0 Å². The molecule has 2 amide bonds. The van der Waals surface area contributed by atoms with Crippen molar-refractivity contribution in [2.24, 2.45) is 0 Å². The van der Waals surface area contributed by atoms with E-state index in [2.05, 4.69) is 22.3 Å². The van der Waals surface area contributed by atoms with Crippen molar-refractivity contribution in [3.8, 4) is 0 Å². The molecule has 0 radical (unpaired) electrons. The van der Waals surface area contributed by atoms with Crippen LogP contribution in [-0.2, 0) is 4.79 Å². The molecule has 1 aliphatic rings. The molecule has 138 valence electrons. The van der Waals surface area contributed by atoms with Crippen molar-refractivity contribution in [2.45, 2.75) is 26.2 Å². The highest BCUT2D eigenvalue weighted by Gasteiger charge is 2.15. The number of thiophene rings is 1. The minimum atomic E-state index is -0.0936. The lowest BCUT2D eigenvalue weighted by molar-refractivity contribution is -0.116. The normalized spacial score (nSPS) is 14.1. The Bertz CT molecular complexity index is 722. The molecule has 0 saturated carbocycles. The van der Waals surface area contributed by atoms with Crippen LogP contribution in [0.15, 0.2) is 41.8 Å². The zero-order chi connectivity index (χ0) is 18.4. The second kappa shape index (κ2) is 8.85. The highest BCUT2D eigenvalue weighted by Crippen LogP contribution is 2.23. The third-order valence-electron chi connectivity index (χ3n) is 4.63. The first kappa shape index (κ1) is 18.5. The van der Waals surface area contributed by atoms with Gasteiger partial charge in [0.25, 0.3) is 5.91 Å². The topological polar surface area (TPSA) is 52.7 Å². The van der Waals surface area contributed by atoms with Gasteiger partial charge in [-0.3, -0.25) is 9.59 Å². The summed E-state index contributed by atoms with van der Waals surface area (Å²) in [6, 6.07) is 11.8. The smallest absolute Gasteiger partial charge is 0.261 e. The molecule has 1 saturated heterocycles. The molecule has 3 rings (SSSR count). The second-order valence-corrected chi connectivity index (χ2v) is 7.42. The van der Waals surface area contributed by atoms with Gasteiger partial charge >= 0.3 is 0 Å². The van der Waals surface area contributed by atoms with Gasteiger partial charge in [-0.2, -0.15) is 0 Å². The van der Waals surface area contributed by atoms with E-state index in [-0.39, 0.29) is 11.8 Å². The molecule has 2 aromatic rings. The average Bonchev–Trinajstić information content (AvgIpc) is 3.21. The lowest BCUT2D eigenvalue weighted by Crippen LogP contribution is -2.37. The number of carbonyl (C=O) groups is 2. The lowest BCUT2D eigenvalue weighted by Gasteiger charge is -2.29. The third kappa shape index (κ3) is 4.64. The predicted molar refractivity (Wildman–Crippen MR) is 107 cm³/mol. The largest absolute Gasteiger partial charge is 0.372 e. The summed E-state index contributed by atoms with van der Waals surface area (Å²) in [5.74, 6) is -0.120. The van der Waals surface area contributed by atoms with Crippen molar-refractivity contribution >= 4 is 34.5 Å². The number of benzene rings is 1. The summed E-state index contributed by atoms with van der Waals surface area (Å²) < 4.78 is 0. The number of amides is 2. The molecule has 0 aliphatic carbocycles. The summed E-state index contributed by atoms with van der Waals surface area (Å²) >= 11 is 1.41. The molecule has 1 fully saturated rings. The molecule has 2 heterocycles. The van der Waals surface area contributed by atoms with Crippen LogP contribution in [0.3, 0.4) is 0 Å². The van der Waals surface area contributed by atoms with Gasteiger partial charge in [-0.05, 0) is 55.0 Å². The zero-order valence-corrected chi connectivity index (χ0v) is 15.9. The summed E-state index contributed by atoms with van der Waals surface area (Å²) in [7, 11) is 0. The van der Waals surface area contributed by atoms with Crippen molar-refractivity contribution in [3.05, 3.63) is 46.7 Å². The fourth-order valence-corrected chi connectivity index (χ4v) is 3.88. The van der Waals surface area contributed by atoms with Crippen LogP contribution in [0, 0.1) is 0 Å². The Kier molecular flexibility index (Phi) is 6.28. The highest BCUT2D eigenvalue weighted by molar-refractivity contribution is 7.12. The SMILES string of the molecule is CC(=O)N(CCNC(=O)c1cccs1)c1ccc(N2CCCCC2)cc1. The summed E-state index contributed by atoms with van der Waals surface area (Å²) in [5, 5.41) is 4.75. The summed E-state index contributed by atoms with van der Waals surface area (Å²) in [5.41, 5.74) is 2.08. The second-order valence-electron chi connectivity index (χ2n) is 6.47. The standard InChI is InChI=1S/C20H25N3O2S/c1-16(24)23(14-11-21-20(25)19-6-5-15-26-19)18-9-7-17(8-10-18)22-12-3-2-4-13-22/h5-10,15H,2-4,11-14H2,1H3,(H,21,25). The van der Waals surface area contributed by atoms with Crippen molar-refractivity contribution in [2.75, 3.05) is 36.0 Å². The molecule has 1 aliphatic heterocycles. The number of nitrogens with one attached hydrogen (secondary N) is 1. The van der Waals surface area contributed by atoms with E-state index in [0.717, 1.165) is 18.8 Å². The number of anilines is 2. The zero-order valence-electron chi connectivity index (χ0n) is 15.1. The molecular weight excluding hydrogens is 346 g/mol. The van der Waals surface area contributed by atoms with Crippen molar-refractivity contribution in [1.29, 1.82) is 0 Å². The number of rotatable bonds is 6. The van der Waals surface area contributed by atoms with Crippen LogP contribution in [0.1, 0.15) is 35.9 Å². The Morgan fingerprint density at radius 1 is 1.12 bits per heavy atom. The van der Waals surface area contributed by atoms with Crippen LogP contribution in [0.25, 0.3) is 0 Å². The predicted octanol–water partition coefficient (Wildman–Crippen LogP) is 3.52. The van der Waals surface area contributed by atoms with Crippen LogP contribution in [0.5, 0.6) is 0 Å². The van der Waals surface area contributed by atoms with Gasteiger partial charge in [0, 0.05) is 44.5 Å². The Labute approximate surface area is 158 Å². The molecule has 0 spiro atoms. The molecule has 0 atom stereocenters. The first-order valence-electron chi connectivity index (χ1n) is 9.10. The molecule has 6 heteroatoms. The molecule has 1 N–H and O–H groups in total. The van der Waals surface area contributed by atoms with Crippen LogP contribution in [-0.4, -0.2) is 38.0 Å². The number of hydrogen-bond donors (Lipinski definition) is 1. The van der Waals surface area contributed by atoms with E-state index in [1.54, 1.807) is 17.9 Å². The van der Waals surface area contributed by atoms with Gasteiger partial charge in [0.2, 0.25) is 5.91 Å². The van der Waals surface area contributed by atoms with E-state index in [9.17, 15) is 9.59 Å². The number of piperidine rings is 1. The lowest BCUT2D eigenvalue weighted by atomic mass is 10.1. The summed E-state index contributed by atoms with van der Waals surface area (Å²) in [6.07, 6.45) is 3.79. The van der Waals surface area contributed by atoms with Crippen LogP contribution < -0.4 is 15.1 Å². The van der Waals surface area contributed by atoms with E-state index in [0.29, 0.717) is 18.0 Å². The Morgan fingerprint density at radius 2 is 1.85 bits per heavy atom. The fraction of sp³-hybridized carbons (Fsp3) is 0.400. The molecule has 1 aromatic heterocycles. The quantitative estimate of drug-likeness (QED) is 0.845. The molecular formula is C20H25N3O2S. The third-order valence-corrected chi connectivity index (χ3v) is 5.50. The summed E-state index contributed by atoms with van der Waals surface area (Å²) in [6.45, 7) is 4.63. The minimum Gasteiger partial charge on any atom is -0.372 e. The fourth-order valence-electron chi connectivity index (χ4n) is 3.24. The summed E-state index contributed by atoms with van der Waals surface area (Å²) in [4.78, 5) is 28.8. The van der Waals surface area contributed by atoms with Gasteiger partial charge in [0.1, 0.15) is 0 Å². The van der Waals surface area contributed by atoms with Crippen LogP contribution in [0.2, 0.25) is 0 Å². The van der Waals surface area contributed by atoms with E-state index in [1.165, 1.54) is 36.3 Å². The first-order valence-corrected chi connectivity index (χ1v) is 9.98. The number of carbonyl (C=O) groups excluding carboxylic acids is 2. The molecule has 1 aromatic carbocycles. The molecule has 0 bridgehead atoms. The van der Waals surface area contributed by atoms with E-state index in [4.69, 9.17) is 0 Å². The maximum absolute atomic E-state index is 12.0. The van der Waals surface area contributed by atoms with Gasteiger partial charge in [0.05, 0.1) is 4.88 Å². The molecule has 5 nitrogen and oxygen atoms in total. The van der Waals surface area contributed by atoms with Gasteiger partial charge < -0.3 is 15.1 Å². The Hall–Kier alpha value is -2.34. The minimum absolute atomic E-state index is 0.0268. The maximum Gasteiger partial charge on any atom is 0.261 e. The van der Waals surface area contributed by atoms with E-state index in [1.807, 2.05) is 23.6 Å². The molecule has 0 unspecified atom stereocenters. The van der Waals surface area contributed by atoms with E-state index >= 15 is 0 Å². The molecule has 26 heavy (non-hydrogen) atoms. The Balaban J connectivity index is 1.58. The van der Waals surface area contributed by atoms with Crippen LogP contribution >= 0.6 is 11.3 Å². The average molecular weight is 372 g/mol. The van der Waals surface area contributed by atoms with Gasteiger partial charge in [0.15, 0.2) is 0 Å². The first-order chi connectivity index (χ1) is 12.6. The van der Waals surface area contributed by atoms with Crippen LogP contribution in [0.4, 0.5) is 11.4 Å². The van der Waals surface area contributed by atoms with Gasteiger partial charge in [-0.1, -0.05) is 6.07 Å².